The molecule has 0 bridgehead atoms. The number of rotatable bonds is 5. The third-order valence-electron chi connectivity index (χ3n) is 2.92. The normalized spacial score (nSPS) is 10.6. The van der Waals surface area contributed by atoms with Gasteiger partial charge in [0.25, 0.3) is 0 Å². The van der Waals surface area contributed by atoms with Gasteiger partial charge in [0.2, 0.25) is 0 Å². The number of benzene rings is 2. The molecule has 0 amide bonds. The summed E-state index contributed by atoms with van der Waals surface area (Å²) in [4.78, 5) is 14.1. The van der Waals surface area contributed by atoms with Gasteiger partial charge in [0, 0.05) is 17.8 Å². The minimum Gasteiger partial charge on any atom is -0.399 e. The Hall–Kier alpha value is -2.13. The van der Waals surface area contributed by atoms with E-state index in [-0.39, 0.29) is 5.78 Å². The highest BCUT2D eigenvalue weighted by molar-refractivity contribution is 5.98. The van der Waals surface area contributed by atoms with Gasteiger partial charge in [0.15, 0.2) is 5.78 Å². The van der Waals surface area contributed by atoms with Crippen molar-refractivity contribution in [2.24, 2.45) is 0 Å². The summed E-state index contributed by atoms with van der Waals surface area (Å²) in [7, 11) is 1.94. The maximum absolute atomic E-state index is 12.1. The molecule has 0 unspecified atom stereocenters. The zero-order valence-electron chi connectivity index (χ0n) is 11.0. The number of nitrogens with zero attached hydrogens (tertiary/aromatic N) is 1. The van der Waals surface area contributed by atoms with Crippen LogP contribution in [0.2, 0.25) is 0 Å². The molecule has 0 radical (unpaired) electrons. The van der Waals surface area contributed by atoms with E-state index < -0.39 is 0 Å². The van der Waals surface area contributed by atoms with E-state index in [9.17, 15) is 4.79 Å². The smallest absolute Gasteiger partial charge is 0.176 e. The van der Waals surface area contributed by atoms with E-state index in [1.54, 1.807) is 24.3 Å². The molecule has 0 spiro atoms. The van der Waals surface area contributed by atoms with E-state index >= 15 is 0 Å². The summed E-state index contributed by atoms with van der Waals surface area (Å²) in [5, 5.41) is 0. The first-order chi connectivity index (χ1) is 9.15. The van der Waals surface area contributed by atoms with Crippen molar-refractivity contribution in [1.29, 1.82) is 0 Å². The third-order valence-corrected chi connectivity index (χ3v) is 2.92. The molecule has 0 fully saturated rings. The Morgan fingerprint density at radius 1 is 1.11 bits per heavy atom. The number of ketones is 1. The molecule has 0 saturated carbocycles. The number of Topliss-reactive ketones (excluding diaryl/α,β-unsaturated/α-hetero) is 1. The van der Waals surface area contributed by atoms with E-state index in [1.165, 1.54) is 5.56 Å². The average molecular weight is 254 g/mol. The van der Waals surface area contributed by atoms with Crippen molar-refractivity contribution in [2.45, 2.75) is 6.54 Å². The number of hydrogen-bond donors (Lipinski definition) is 1. The molecular formula is C16H18N2O. The van der Waals surface area contributed by atoms with Crippen LogP contribution < -0.4 is 5.73 Å². The number of nitrogens with two attached hydrogens (primary N) is 1. The van der Waals surface area contributed by atoms with Crippen molar-refractivity contribution in [3.05, 3.63) is 65.7 Å². The molecule has 0 saturated heterocycles. The highest BCUT2D eigenvalue weighted by Gasteiger charge is 2.09. The Bertz CT molecular complexity index is 552. The fraction of sp³-hybridized carbons (Fsp3) is 0.188. The molecule has 0 atom stereocenters. The van der Waals surface area contributed by atoms with Crippen LogP contribution in [0, 0.1) is 0 Å². The quantitative estimate of drug-likeness (QED) is 0.659. The predicted octanol–water partition coefficient (Wildman–Crippen LogP) is 2.58. The molecule has 0 aliphatic rings. The van der Waals surface area contributed by atoms with Crippen LogP contribution in [0.5, 0.6) is 0 Å². The van der Waals surface area contributed by atoms with Gasteiger partial charge in [-0.15, -0.1) is 0 Å². The Kier molecular flexibility index (Phi) is 4.31. The minimum atomic E-state index is 0.0886. The predicted molar refractivity (Wildman–Crippen MR) is 78.0 cm³/mol. The van der Waals surface area contributed by atoms with Crippen molar-refractivity contribution >= 4 is 11.5 Å². The van der Waals surface area contributed by atoms with E-state index in [4.69, 9.17) is 5.73 Å². The van der Waals surface area contributed by atoms with E-state index in [1.807, 2.05) is 30.1 Å². The highest BCUT2D eigenvalue weighted by atomic mass is 16.1. The van der Waals surface area contributed by atoms with Crippen molar-refractivity contribution in [2.75, 3.05) is 19.3 Å². The second-order valence-electron chi connectivity index (χ2n) is 4.71. The number of carbonyl (C=O) groups excluding carboxylic acids is 1. The molecule has 2 N–H and O–H groups in total. The average Bonchev–Trinajstić information content (AvgIpc) is 2.39. The van der Waals surface area contributed by atoms with Crippen molar-refractivity contribution in [3.63, 3.8) is 0 Å². The van der Waals surface area contributed by atoms with Crippen LogP contribution in [0.4, 0.5) is 5.69 Å². The first-order valence-corrected chi connectivity index (χ1v) is 6.26. The monoisotopic (exact) mass is 254 g/mol. The maximum atomic E-state index is 12.1. The van der Waals surface area contributed by atoms with Gasteiger partial charge in [0.05, 0.1) is 6.54 Å². The van der Waals surface area contributed by atoms with Gasteiger partial charge >= 0.3 is 0 Å². The van der Waals surface area contributed by atoms with Crippen LogP contribution in [0.15, 0.2) is 54.6 Å². The molecule has 19 heavy (non-hydrogen) atoms. The molecule has 0 heterocycles. The van der Waals surface area contributed by atoms with Gasteiger partial charge in [-0.3, -0.25) is 9.69 Å². The van der Waals surface area contributed by atoms with E-state index in [0.29, 0.717) is 17.8 Å². The number of anilines is 1. The van der Waals surface area contributed by atoms with Crippen molar-refractivity contribution < 1.29 is 4.79 Å². The van der Waals surface area contributed by atoms with Gasteiger partial charge in [-0.25, -0.2) is 0 Å². The molecular weight excluding hydrogens is 236 g/mol. The lowest BCUT2D eigenvalue weighted by molar-refractivity contribution is 0.0943. The summed E-state index contributed by atoms with van der Waals surface area (Å²) in [6.45, 7) is 1.15. The zero-order valence-corrected chi connectivity index (χ0v) is 11.0. The largest absolute Gasteiger partial charge is 0.399 e. The number of nitrogen functional groups attached to an aromatic ring is 1. The first kappa shape index (κ1) is 13.3. The van der Waals surface area contributed by atoms with Crippen LogP contribution >= 0.6 is 0 Å². The fourth-order valence-corrected chi connectivity index (χ4v) is 2.00. The standard InChI is InChI=1S/C16H18N2O/c1-18(11-13-6-3-2-4-7-13)12-16(19)14-8-5-9-15(17)10-14/h2-10H,11-12,17H2,1H3. The maximum Gasteiger partial charge on any atom is 0.176 e. The van der Waals surface area contributed by atoms with Gasteiger partial charge in [-0.05, 0) is 24.7 Å². The summed E-state index contributed by atoms with van der Waals surface area (Å²) in [5.41, 5.74) is 8.17. The molecule has 0 aromatic heterocycles. The van der Waals surface area contributed by atoms with Crippen LogP contribution in [0.3, 0.4) is 0 Å². The summed E-state index contributed by atoms with van der Waals surface area (Å²) in [6, 6.07) is 17.2. The van der Waals surface area contributed by atoms with Gasteiger partial charge in [0.1, 0.15) is 0 Å². The number of hydrogen-bond acceptors (Lipinski definition) is 3. The van der Waals surface area contributed by atoms with E-state index in [0.717, 1.165) is 6.54 Å². The lowest BCUT2D eigenvalue weighted by atomic mass is 10.1. The molecule has 0 aliphatic heterocycles. The Balaban J connectivity index is 1.95. The molecule has 0 aliphatic carbocycles. The highest BCUT2D eigenvalue weighted by Crippen LogP contribution is 2.09. The summed E-state index contributed by atoms with van der Waals surface area (Å²) in [5.74, 6) is 0.0886. The molecule has 98 valence electrons. The summed E-state index contributed by atoms with van der Waals surface area (Å²) < 4.78 is 0. The lowest BCUT2D eigenvalue weighted by Crippen LogP contribution is -2.25. The fourth-order valence-electron chi connectivity index (χ4n) is 2.00. The summed E-state index contributed by atoms with van der Waals surface area (Å²) in [6.07, 6.45) is 0. The van der Waals surface area contributed by atoms with Crippen LogP contribution in [0.25, 0.3) is 0 Å². The summed E-state index contributed by atoms with van der Waals surface area (Å²) >= 11 is 0. The van der Waals surface area contributed by atoms with Gasteiger partial charge < -0.3 is 5.73 Å². The molecule has 3 heteroatoms. The Labute approximate surface area is 113 Å². The molecule has 2 aromatic rings. The second-order valence-corrected chi connectivity index (χ2v) is 4.71. The molecule has 3 nitrogen and oxygen atoms in total. The number of carbonyl (C=O) groups is 1. The lowest BCUT2D eigenvalue weighted by Gasteiger charge is -2.15. The SMILES string of the molecule is CN(CC(=O)c1cccc(N)c1)Cc1ccccc1. The third kappa shape index (κ3) is 3.93. The van der Waals surface area contributed by atoms with Crippen LogP contribution in [-0.4, -0.2) is 24.3 Å². The van der Waals surface area contributed by atoms with Crippen LogP contribution in [0.1, 0.15) is 15.9 Å². The zero-order chi connectivity index (χ0) is 13.7. The minimum absolute atomic E-state index is 0.0886. The van der Waals surface area contributed by atoms with Crippen LogP contribution in [-0.2, 0) is 6.54 Å². The van der Waals surface area contributed by atoms with E-state index in [2.05, 4.69) is 12.1 Å². The van der Waals surface area contributed by atoms with Crippen molar-refractivity contribution in [3.8, 4) is 0 Å². The van der Waals surface area contributed by atoms with Gasteiger partial charge in [-0.2, -0.15) is 0 Å². The molecule has 2 aromatic carbocycles. The number of likely N-dealkylation sites (N-methyl/N-ethyl adjacent to an activating group) is 1. The van der Waals surface area contributed by atoms with Gasteiger partial charge in [-0.1, -0.05) is 42.5 Å². The topological polar surface area (TPSA) is 46.3 Å². The Morgan fingerprint density at radius 2 is 1.84 bits per heavy atom. The van der Waals surface area contributed by atoms with Crippen molar-refractivity contribution in [1.82, 2.24) is 4.90 Å². The Morgan fingerprint density at radius 3 is 2.53 bits per heavy atom. The first-order valence-electron chi connectivity index (χ1n) is 6.26. The second kappa shape index (κ2) is 6.16. The molecule has 2 rings (SSSR count).